The predicted molar refractivity (Wildman–Crippen MR) is 65.2 cm³/mol. The number of hydrogen-bond acceptors (Lipinski definition) is 4. The highest BCUT2D eigenvalue weighted by Crippen LogP contribution is 2.11. The minimum absolute atomic E-state index is 0.384. The van der Waals surface area contributed by atoms with Crippen molar-refractivity contribution in [3.63, 3.8) is 0 Å². The van der Waals surface area contributed by atoms with Crippen molar-refractivity contribution in [3.05, 3.63) is 60.1 Å². The lowest BCUT2D eigenvalue weighted by Gasteiger charge is -2.00. The molecule has 0 saturated heterocycles. The fourth-order valence-electron chi connectivity index (χ4n) is 1.30. The van der Waals surface area contributed by atoms with Crippen LogP contribution in [-0.4, -0.2) is 12.3 Å². The van der Waals surface area contributed by atoms with Gasteiger partial charge in [0, 0.05) is 11.6 Å². The van der Waals surface area contributed by atoms with Crippen LogP contribution in [0.15, 0.2) is 53.2 Å². The number of rotatable bonds is 4. The third kappa shape index (κ3) is 3.18. The van der Waals surface area contributed by atoms with Crippen LogP contribution in [-0.2, 0) is 4.79 Å². The SMILES string of the molecule is O=Cc1ccc(OC(=O)C=Cc2ccco2)cc1. The third-order valence-corrected chi connectivity index (χ3v) is 2.16. The van der Waals surface area contributed by atoms with Crippen LogP contribution >= 0.6 is 0 Å². The summed E-state index contributed by atoms with van der Waals surface area (Å²) >= 11 is 0. The number of aldehydes is 1. The largest absolute Gasteiger partial charge is 0.465 e. The van der Waals surface area contributed by atoms with Crippen molar-refractivity contribution >= 4 is 18.3 Å². The van der Waals surface area contributed by atoms with Crippen molar-refractivity contribution in [2.75, 3.05) is 0 Å². The summed E-state index contributed by atoms with van der Waals surface area (Å²) in [6.45, 7) is 0. The lowest BCUT2D eigenvalue weighted by atomic mass is 10.2. The summed E-state index contributed by atoms with van der Waals surface area (Å²) in [4.78, 5) is 21.9. The molecule has 0 saturated carbocycles. The number of carbonyl (C=O) groups excluding carboxylic acids is 2. The van der Waals surface area contributed by atoms with Crippen LogP contribution < -0.4 is 4.74 Å². The Bertz CT molecular complexity index is 550. The Hall–Kier alpha value is -2.62. The minimum Gasteiger partial charge on any atom is -0.465 e. The molecule has 0 radical (unpaired) electrons. The van der Waals surface area contributed by atoms with E-state index in [0.29, 0.717) is 17.1 Å². The first-order chi connectivity index (χ1) is 8.78. The van der Waals surface area contributed by atoms with E-state index < -0.39 is 5.97 Å². The molecule has 0 spiro atoms. The molecule has 0 aliphatic heterocycles. The van der Waals surface area contributed by atoms with E-state index in [0.717, 1.165) is 6.29 Å². The van der Waals surface area contributed by atoms with E-state index in [1.807, 2.05) is 0 Å². The third-order valence-electron chi connectivity index (χ3n) is 2.16. The number of furan rings is 1. The standard InChI is InChI=1S/C14H10O4/c15-10-11-3-5-13(6-4-11)18-14(16)8-7-12-2-1-9-17-12/h1-10H. The topological polar surface area (TPSA) is 56.5 Å². The molecular formula is C14H10O4. The fourth-order valence-corrected chi connectivity index (χ4v) is 1.30. The van der Waals surface area contributed by atoms with Crippen LogP contribution in [0.4, 0.5) is 0 Å². The van der Waals surface area contributed by atoms with E-state index in [9.17, 15) is 9.59 Å². The van der Waals surface area contributed by atoms with Gasteiger partial charge in [-0.1, -0.05) is 0 Å². The first-order valence-corrected chi connectivity index (χ1v) is 5.26. The summed E-state index contributed by atoms with van der Waals surface area (Å²) in [7, 11) is 0. The van der Waals surface area contributed by atoms with Crippen molar-refractivity contribution in [2.45, 2.75) is 0 Å². The van der Waals surface area contributed by atoms with Gasteiger partial charge in [0.2, 0.25) is 0 Å². The molecule has 0 bridgehead atoms. The summed E-state index contributed by atoms with van der Waals surface area (Å²) in [6.07, 6.45) is 5.03. The van der Waals surface area contributed by atoms with Gasteiger partial charge >= 0.3 is 5.97 Å². The summed E-state index contributed by atoms with van der Waals surface area (Å²) in [5.41, 5.74) is 0.529. The van der Waals surface area contributed by atoms with Crippen molar-refractivity contribution in [1.82, 2.24) is 0 Å². The zero-order valence-electron chi connectivity index (χ0n) is 9.41. The monoisotopic (exact) mass is 242 g/mol. The van der Waals surface area contributed by atoms with E-state index in [1.165, 1.54) is 18.4 Å². The van der Waals surface area contributed by atoms with Crippen LogP contribution in [0.5, 0.6) is 5.75 Å². The summed E-state index contributed by atoms with van der Waals surface area (Å²) in [6, 6.07) is 9.72. The van der Waals surface area contributed by atoms with Gasteiger partial charge in [-0.3, -0.25) is 4.79 Å². The van der Waals surface area contributed by atoms with Gasteiger partial charge in [-0.2, -0.15) is 0 Å². The number of esters is 1. The molecule has 1 aromatic carbocycles. The van der Waals surface area contributed by atoms with Gasteiger partial charge in [-0.15, -0.1) is 0 Å². The second-order valence-electron chi connectivity index (χ2n) is 3.46. The Labute approximate surface area is 103 Å². The van der Waals surface area contributed by atoms with Crippen LogP contribution in [0.3, 0.4) is 0 Å². The van der Waals surface area contributed by atoms with E-state index in [4.69, 9.17) is 9.15 Å². The molecule has 2 aromatic rings. The smallest absolute Gasteiger partial charge is 0.336 e. The maximum atomic E-state index is 11.4. The molecule has 1 heterocycles. The molecule has 2 rings (SSSR count). The second-order valence-corrected chi connectivity index (χ2v) is 3.46. The van der Waals surface area contributed by atoms with Crippen molar-refractivity contribution in [3.8, 4) is 5.75 Å². The quantitative estimate of drug-likeness (QED) is 0.358. The Balaban J connectivity index is 1.96. The molecule has 18 heavy (non-hydrogen) atoms. The number of carbonyl (C=O) groups is 2. The van der Waals surface area contributed by atoms with Crippen LogP contribution in [0, 0.1) is 0 Å². The van der Waals surface area contributed by atoms with Gasteiger partial charge in [0.05, 0.1) is 6.26 Å². The average Bonchev–Trinajstić information content (AvgIpc) is 2.90. The number of benzene rings is 1. The molecule has 0 aliphatic rings. The van der Waals surface area contributed by atoms with E-state index in [2.05, 4.69) is 0 Å². The summed E-state index contributed by atoms with van der Waals surface area (Å²) in [5.74, 6) is 0.447. The van der Waals surface area contributed by atoms with Crippen LogP contribution in [0.2, 0.25) is 0 Å². The Morgan fingerprint density at radius 1 is 1.17 bits per heavy atom. The van der Waals surface area contributed by atoms with E-state index in [-0.39, 0.29) is 0 Å². The first-order valence-electron chi connectivity index (χ1n) is 5.26. The Morgan fingerprint density at radius 3 is 2.56 bits per heavy atom. The molecule has 1 aromatic heterocycles. The lowest BCUT2D eigenvalue weighted by Crippen LogP contribution is -2.03. The fraction of sp³-hybridized carbons (Fsp3) is 0. The highest BCUT2D eigenvalue weighted by Gasteiger charge is 2.00. The molecular weight excluding hydrogens is 232 g/mol. The van der Waals surface area contributed by atoms with Gasteiger partial charge in [0.15, 0.2) is 0 Å². The van der Waals surface area contributed by atoms with Gasteiger partial charge in [-0.25, -0.2) is 4.79 Å². The zero-order valence-corrected chi connectivity index (χ0v) is 9.41. The maximum absolute atomic E-state index is 11.4. The van der Waals surface area contributed by atoms with Gasteiger partial charge < -0.3 is 9.15 Å². The van der Waals surface area contributed by atoms with Crippen molar-refractivity contribution in [1.29, 1.82) is 0 Å². The molecule has 0 fully saturated rings. The predicted octanol–water partition coefficient (Wildman–Crippen LogP) is 2.71. The van der Waals surface area contributed by atoms with Gasteiger partial charge in [0.1, 0.15) is 17.8 Å². The minimum atomic E-state index is -0.509. The highest BCUT2D eigenvalue weighted by atomic mass is 16.5. The van der Waals surface area contributed by atoms with Crippen LogP contribution in [0.1, 0.15) is 16.1 Å². The van der Waals surface area contributed by atoms with Crippen molar-refractivity contribution < 1.29 is 18.7 Å². The molecule has 90 valence electrons. The maximum Gasteiger partial charge on any atom is 0.336 e. The molecule has 0 unspecified atom stereocenters. The summed E-state index contributed by atoms with van der Waals surface area (Å²) < 4.78 is 10.1. The highest BCUT2D eigenvalue weighted by molar-refractivity contribution is 5.88. The van der Waals surface area contributed by atoms with Gasteiger partial charge in [-0.05, 0) is 42.5 Å². The molecule has 0 aliphatic carbocycles. The first kappa shape index (κ1) is 11.9. The molecule has 0 atom stereocenters. The lowest BCUT2D eigenvalue weighted by molar-refractivity contribution is -0.128. The molecule has 4 heteroatoms. The number of hydrogen-bond donors (Lipinski definition) is 0. The number of ether oxygens (including phenoxy) is 1. The van der Waals surface area contributed by atoms with Crippen LogP contribution in [0.25, 0.3) is 6.08 Å². The Morgan fingerprint density at radius 2 is 1.94 bits per heavy atom. The average molecular weight is 242 g/mol. The van der Waals surface area contributed by atoms with Gasteiger partial charge in [0.25, 0.3) is 0 Å². The molecule has 0 amide bonds. The van der Waals surface area contributed by atoms with E-state index >= 15 is 0 Å². The second kappa shape index (κ2) is 5.63. The molecule has 0 N–H and O–H groups in total. The zero-order chi connectivity index (χ0) is 12.8. The van der Waals surface area contributed by atoms with Crippen molar-refractivity contribution in [2.24, 2.45) is 0 Å². The molecule has 4 nitrogen and oxygen atoms in total. The Kier molecular flexibility index (Phi) is 3.71. The normalized spacial score (nSPS) is 10.4. The van der Waals surface area contributed by atoms with E-state index in [1.54, 1.807) is 36.4 Å². The summed E-state index contributed by atoms with van der Waals surface area (Å²) in [5, 5.41) is 0.